The van der Waals surface area contributed by atoms with Crippen molar-refractivity contribution in [2.75, 3.05) is 0 Å². The zero-order valence-corrected chi connectivity index (χ0v) is 9.71. The number of nitrogens with zero attached hydrogens (tertiary/aromatic N) is 1. The van der Waals surface area contributed by atoms with Crippen molar-refractivity contribution in [2.24, 2.45) is 5.92 Å². The molecule has 0 bridgehead atoms. The Morgan fingerprint density at radius 2 is 2.11 bits per heavy atom. The number of benzene rings is 1. The summed E-state index contributed by atoms with van der Waals surface area (Å²) >= 11 is 0. The fraction of sp³-hybridized carbons (Fsp3) is 0.286. The molecule has 0 unspecified atom stereocenters. The summed E-state index contributed by atoms with van der Waals surface area (Å²) in [5, 5.41) is 21.3. The number of aliphatic hydroxyl groups is 1. The Labute approximate surface area is 104 Å². The number of carbonyl (C=O) groups is 1. The van der Waals surface area contributed by atoms with Crippen LogP contribution in [-0.4, -0.2) is 21.2 Å². The molecule has 0 radical (unpaired) electrons. The fourth-order valence-electron chi connectivity index (χ4n) is 2.68. The maximum Gasteiger partial charge on any atom is 0.306 e. The molecule has 1 aromatic carbocycles. The topological polar surface area (TPSA) is 70.4 Å². The summed E-state index contributed by atoms with van der Waals surface area (Å²) in [4.78, 5) is 14.9. The van der Waals surface area contributed by atoms with Crippen LogP contribution in [0.5, 0.6) is 0 Å². The van der Waals surface area contributed by atoms with Crippen molar-refractivity contribution in [2.45, 2.75) is 18.4 Å². The SMILES string of the molecule is O=C(O)C1CC(O)(c2cccc3cnccc23)C1. The first-order chi connectivity index (χ1) is 8.60. The Morgan fingerprint density at radius 3 is 2.83 bits per heavy atom. The lowest BCUT2D eigenvalue weighted by atomic mass is 9.66. The number of aliphatic carboxylic acids is 1. The molecule has 0 aliphatic heterocycles. The lowest BCUT2D eigenvalue weighted by molar-refractivity contribution is -0.159. The summed E-state index contributed by atoms with van der Waals surface area (Å²) in [6.07, 6.45) is 3.99. The molecule has 0 atom stereocenters. The maximum absolute atomic E-state index is 10.8. The van der Waals surface area contributed by atoms with Crippen molar-refractivity contribution in [1.82, 2.24) is 4.98 Å². The van der Waals surface area contributed by atoms with Gasteiger partial charge in [-0.25, -0.2) is 0 Å². The van der Waals surface area contributed by atoms with Gasteiger partial charge in [0.25, 0.3) is 0 Å². The molecule has 4 nitrogen and oxygen atoms in total. The molecule has 2 aromatic rings. The van der Waals surface area contributed by atoms with Gasteiger partial charge in [-0.1, -0.05) is 18.2 Å². The number of hydrogen-bond acceptors (Lipinski definition) is 3. The minimum Gasteiger partial charge on any atom is -0.481 e. The van der Waals surface area contributed by atoms with Crippen LogP contribution in [0.25, 0.3) is 10.8 Å². The quantitative estimate of drug-likeness (QED) is 0.845. The van der Waals surface area contributed by atoms with Crippen LogP contribution in [0, 0.1) is 5.92 Å². The van der Waals surface area contributed by atoms with Crippen LogP contribution in [-0.2, 0) is 10.4 Å². The van der Waals surface area contributed by atoms with Crippen LogP contribution in [0.2, 0.25) is 0 Å². The summed E-state index contributed by atoms with van der Waals surface area (Å²) in [5.74, 6) is -1.27. The number of hydrogen-bond donors (Lipinski definition) is 2. The second kappa shape index (κ2) is 3.78. The van der Waals surface area contributed by atoms with Crippen LogP contribution in [0.1, 0.15) is 18.4 Å². The standard InChI is InChI=1S/C14H13NO3/c16-13(17)10-6-14(18,7-10)12-3-1-2-9-8-15-5-4-11(9)12/h1-5,8,10,18H,6-7H2,(H,16,17). The first kappa shape index (κ1) is 11.2. The minimum absolute atomic E-state index is 0.282. The van der Waals surface area contributed by atoms with E-state index in [0.717, 1.165) is 16.3 Å². The predicted molar refractivity (Wildman–Crippen MR) is 66.0 cm³/mol. The molecule has 0 saturated heterocycles. The molecule has 3 rings (SSSR count). The highest BCUT2D eigenvalue weighted by Crippen LogP contribution is 2.47. The van der Waals surface area contributed by atoms with Crippen LogP contribution in [0.15, 0.2) is 36.7 Å². The normalized spacial score (nSPS) is 26.8. The third-order valence-corrected chi connectivity index (χ3v) is 3.70. The van der Waals surface area contributed by atoms with Crippen molar-refractivity contribution >= 4 is 16.7 Å². The predicted octanol–water partition coefficient (Wildman–Crippen LogP) is 1.92. The van der Waals surface area contributed by atoms with Crippen molar-refractivity contribution in [1.29, 1.82) is 0 Å². The maximum atomic E-state index is 10.8. The Morgan fingerprint density at radius 1 is 1.33 bits per heavy atom. The lowest BCUT2D eigenvalue weighted by Gasteiger charge is -2.42. The molecule has 0 spiro atoms. The zero-order valence-electron chi connectivity index (χ0n) is 9.71. The second-order valence-electron chi connectivity index (χ2n) is 4.88. The monoisotopic (exact) mass is 243 g/mol. The Hall–Kier alpha value is -1.94. The molecule has 4 heteroatoms. The highest BCUT2D eigenvalue weighted by atomic mass is 16.4. The van der Waals surface area contributed by atoms with Gasteiger partial charge in [0.1, 0.15) is 0 Å². The van der Waals surface area contributed by atoms with E-state index in [1.807, 2.05) is 24.3 Å². The van der Waals surface area contributed by atoms with E-state index in [1.54, 1.807) is 12.4 Å². The Kier molecular flexibility index (Phi) is 2.35. The molecule has 1 heterocycles. The number of aromatic nitrogens is 1. The second-order valence-corrected chi connectivity index (χ2v) is 4.88. The molecule has 18 heavy (non-hydrogen) atoms. The summed E-state index contributed by atoms with van der Waals surface area (Å²) in [6.45, 7) is 0. The van der Waals surface area contributed by atoms with Gasteiger partial charge in [0.05, 0.1) is 11.5 Å². The molecule has 1 saturated carbocycles. The zero-order chi connectivity index (χ0) is 12.8. The van der Waals surface area contributed by atoms with E-state index in [4.69, 9.17) is 5.11 Å². The van der Waals surface area contributed by atoms with E-state index in [-0.39, 0.29) is 12.8 Å². The van der Waals surface area contributed by atoms with Gasteiger partial charge in [-0.2, -0.15) is 0 Å². The molecular formula is C14H13NO3. The fourth-order valence-corrected chi connectivity index (χ4v) is 2.68. The summed E-state index contributed by atoms with van der Waals surface area (Å²) in [5.41, 5.74) is -0.205. The molecule has 1 aliphatic rings. The smallest absolute Gasteiger partial charge is 0.306 e. The Bertz CT molecular complexity index is 612. The van der Waals surface area contributed by atoms with Gasteiger partial charge >= 0.3 is 5.97 Å². The summed E-state index contributed by atoms with van der Waals surface area (Å²) in [7, 11) is 0. The number of carboxylic acid groups (broad SMARTS) is 1. The first-order valence-electron chi connectivity index (χ1n) is 5.88. The van der Waals surface area contributed by atoms with Crippen LogP contribution in [0.3, 0.4) is 0 Å². The van der Waals surface area contributed by atoms with Gasteiger partial charge in [0, 0.05) is 17.8 Å². The molecule has 0 amide bonds. The van der Waals surface area contributed by atoms with E-state index in [9.17, 15) is 9.90 Å². The van der Waals surface area contributed by atoms with Gasteiger partial charge < -0.3 is 10.2 Å². The third kappa shape index (κ3) is 1.57. The molecule has 1 fully saturated rings. The van der Waals surface area contributed by atoms with Crippen molar-refractivity contribution < 1.29 is 15.0 Å². The number of carboxylic acids is 1. The van der Waals surface area contributed by atoms with Crippen molar-refractivity contribution in [3.63, 3.8) is 0 Å². The van der Waals surface area contributed by atoms with Gasteiger partial charge in [-0.3, -0.25) is 9.78 Å². The van der Waals surface area contributed by atoms with Gasteiger partial charge in [0.15, 0.2) is 0 Å². The van der Waals surface area contributed by atoms with Crippen LogP contribution >= 0.6 is 0 Å². The van der Waals surface area contributed by atoms with Gasteiger partial charge in [-0.15, -0.1) is 0 Å². The van der Waals surface area contributed by atoms with E-state index < -0.39 is 17.5 Å². The molecular weight excluding hydrogens is 230 g/mol. The molecule has 1 aromatic heterocycles. The summed E-state index contributed by atoms with van der Waals surface area (Å²) < 4.78 is 0. The molecule has 92 valence electrons. The molecule has 2 N–H and O–H groups in total. The number of pyridine rings is 1. The minimum atomic E-state index is -1.01. The van der Waals surface area contributed by atoms with E-state index in [1.165, 1.54) is 0 Å². The number of fused-ring (bicyclic) bond motifs is 1. The Balaban J connectivity index is 2.03. The largest absolute Gasteiger partial charge is 0.481 e. The van der Waals surface area contributed by atoms with Gasteiger partial charge in [0.2, 0.25) is 0 Å². The first-order valence-corrected chi connectivity index (χ1v) is 5.88. The average molecular weight is 243 g/mol. The average Bonchev–Trinajstić information content (AvgIpc) is 2.34. The number of rotatable bonds is 2. The third-order valence-electron chi connectivity index (χ3n) is 3.70. The molecule has 1 aliphatic carbocycles. The van der Waals surface area contributed by atoms with E-state index in [2.05, 4.69) is 4.98 Å². The van der Waals surface area contributed by atoms with Crippen LogP contribution < -0.4 is 0 Å². The lowest BCUT2D eigenvalue weighted by Crippen LogP contribution is -2.44. The van der Waals surface area contributed by atoms with E-state index >= 15 is 0 Å². The van der Waals surface area contributed by atoms with E-state index in [0.29, 0.717) is 0 Å². The van der Waals surface area contributed by atoms with Gasteiger partial charge in [-0.05, 0) is 29.9 Å². The highest BCUT2D eigenvalue weighted by Gasteiger charge is 2.48. The van der Waals surface area contributed by atoms with Crippen LogP contribution in [0.4, 0.5) is 0 Å². The van der Waals surface area contributed by atoms with Crippen molar-refractivity contribution in [3.05, 3.63) is 42.2 Å². The summed E-state index contributed by atoms with van der Waals surface area (Å²) in [6, 6.07) is 7.52. The van der Waals surface area contributed by atoms with Crippen molar-refractivity contribution in [3.8, 4) is 0 Å². The highest BCUT2D eigenvalue weighted by molar-refractivity contribution is 5.86.